The van der Waals surface area contributed by atoms with Gasteiger partial charge in [-0.15, -0.1) is 0 Å². The minimum atomic E-state index is -3.32. The predicted octanol–water partition coefficient (Wildman–Crippen LogP) is 4.29. The molecule has 0 aliphatic carbocycles. The second kappa shape index (κ2) is 9.36. The lowest BCUT2D eigenvalue weighted by molar-refractivity contribution is 0.242. The second-order valence-corrected chi connectivity index (χ2v) is 8.92. The Kier molecular flexibility index (Phi) is 7.47. The summed E-state index contributed by atoms with van der Waals surface area (Å²) < 4.78 is 33.5. The highest BCUT2D eigenvalue weighted by Gasteiger charge is 2.10. The van der Waals surface area contributed by atoms with E-state index in [1.165, 1.54) is 0 Å². The van der Waals surface area contributed by atoms with Gasteiger partial charge in [0.05, 0.1) is 11.9 Å². The van der Waals surface area contributed by atoms with Gasteiger partial charge in [0.25, 0.3) is 0 Å². The first-order valence-corrected chi connectivity index (χ1v) is 10.8. The second-order valence-electron chi connectivity index (χ2n) is 6.20. The number of benzene rings is 2. The van der Waals surface area contributed by atoms with Gasteiger partial charge in [-0.3, -0.25) is 0 Å². The highest BCUT2D eigenvalue weighted by molar-refractivity contribution is 9.10. The molecule has 0 saturated heterocycles. The van der Waals surface area contributed by atoms with E-state index in [2.05, 4.69) is 20.7 Å². The summed E-state index contributed by atoms with van der Waals surface area (Å²) in [5.74, 6) is 0.848. The lowest BCUT2D eigenvalue weighted by Crippen LogP contribution is -2.26. The molecule has 0 heterocycles. The minimum Gasteiger partial charge on any atom is -0.491 e. The Labute approximate surface area is 158 Å². The van der Waals surface area contributed by atoms with Crippen LogP contribution in [0.4, 0.5) is 0 Å². The molecule has 2 aromatic rings. The zero-order chi connectivity index (χ0) is 18.3. The maximum atomic E-state index is 12.1. The first-order chi connectivity index (χ1) is 11.8. The van der Waals surface area contributed by atoms with Crippen LogP contribution in [-0.4, -0.2) is 21.1 Å². The Morgan fingerprint density at radius 1 is 1.08 bits per heavy atom. The molecule has 0 radical (unpaired) electrons. The number of sulfonamides is 1. The molecule has 6 heteroatoms. The van der Waals surface area contributed by atoms with Gasteiger partial charge in [-0.1, -0.05) is 40.2 Å². The molecule has 2 aromatic carbocycles. The van der Waals surface area contributed by atoms with Crippen LogP contribution in [-0.2, 0) is 22.2 Å². The third kappa shape index (κ3) is 7.59. The lowest BCUT2D eigenvalue weighted by atomic mass is 10.1. The Morgan fingerprint density at radius 3 is 2.48 bits per heavy atom. The molecule has 0 aliphatic heterocycles. The maximum absolute atomic E-state index is 12.1. The first kappa shape index (κ1) is 19.9. The smallest absolute Gasteiger partial charge is 0.215 e. The average Bonchev–Trinajstić information content (AvgIpc) is 2.53. The molecule has 1 N–H and O–H groups in total. The van der Waals surface area contributed by atoms with Crippen molar-refractivity contribution in [1.29, 1.82) is 0 Å². The van der Waals surface area contributed by atoms with E-state index in [1.807, 2.05) is 62.4 Å². The highest BCUT2D eigenvalue weighted by atomic mass is 79.9. The fourth-order valence-electron chi connectivity index (χ4n) is 2.42. The lowest BCUT2D eigenvalue weighted by Gasteiger charge is -2.11. The fourth-order valence-corrected chi connectivity index (χ4v) is 3.87. The van der Waals surface area contributed by atoms with Crippen LogP contribution < -0.4 is 9.46 Å². The van der Waals surface area contributed by atoms with Crippen molar-refractivity contribution >= 4 is 26.0 Å². The molecule has 0 atom stereocenters. The van der Waals surface area contributed by atoms with E-state index in [-0.39, 0.29) is 11.9 Å². The molecule has 0 aliphatic rings. The van der Waals surface area contributed by atoms with E-state index in [4.69, 9.17) is 4.74 Å². The summed E-state index contributed by atoms with van der Waals surface area (Å²) in [6, 6.07) is 15.2. The van der Waals surface area contributed by atoms with Crippen LogP contribution in [0.15, 0.2) is 53.0 Å². The molecular formula is C19H24BrNO3S. The van der Waals surface area contributed by atoms with E-state index in [1.54, 1.807) is 0 Å². The van der Waals surface area contributed by atoms with Crippen molar-refractivity contribution in [2.75, 3.05) is 6.54 Å². The minimum absolute atomic E-state index is 0.00199. The highest BCUT2D eigenvalue weighted by Crippen LogP contribution is 2.16. The average molecular weight is 426 g/mol. The van der Waals surface area contributed by atoms with Crippen LogP contribution >= 0.6 is 15.9 Å². The van der Waals surface area contributed by atoms with E-state index in [0.29, 0.717) is 6.54 Å². The Hall–Kier alpha value is -1.37. The zero-order valence-corrected chi connectivity index (χ0v) is 16.9. The van der Waals surface area contributed by atoms with E-state index in [9.17, 15) is 8.42 Å². The van der Waals surface area contributed by atoms with Gasteiger partial charge in [0.1, 0.15) is 5.75 Å². The third-order valence-electron chi connectivity index (χ3n) is 3.50. The standard InChI is InChI=1S/C19H24BrNO3S/c1-15(2)24-19-7-3-5-16(13-19)6-4-12-21-25(22,23)14-17-8-10-18(20)11-9-17/h3,5,7-11,13,15,21H,4,6,12,14H2,1-2H3. The molecule has 25 heavy (non-hydrogen) atoms. The summed E-state index contributed by atoms with van der Waals surface area (Å²) >= 11 is 3.34. The van der Waals surface area contributed by atoms with Crippen LogP contribution in [0.5, 0.6) is 5.75 Å². The van der Waals surface area contributed by atoms with Gasteiger partial charge in [0.15, 0.2) is 0 Å². The number of halogens is 1. The number of rotatable bonds is 9. The molecule has 4 nitrogen and oxygen atoms in total. The van der Waals surface area contributed by atoms with Crippen molar-refractivity contribution in [2.24, 2.45) is 0 Å². The third-order valence-corrected chi connectivity index (χ3v) is 5.39. The molecule has 0 amide bonds. The van der Waals surface area contributed by atoms with Crippen LogP contribution in [0.2, 0.25) is 0 Å². The van der Waals surface area contributed by atoms with Crippen molar-refractivity contribution < 1.29 is 13.2 Å². The Bertz CT molecular complexity index is 774. The fraction of sp³-hybridized carbons (Fsp3) is 0.368. The topological polar surface area (TPSA) is 55.4 Å². The summed E-state index contributed by atoms with van der Waals surface area (Å²) in [5, 5.41) is 0. The monoisotopic (exact) mass is 425 g/mol. The molecule has 0 saturated carbocycles. The Balaban J connectivity index is 1.79. The normalized spacial score (nSPS) is 11.7. The molecule has 2 rings (SSSR count). The van der Waals surface area contributed by atoms with E-state index in [0.717, 1.165) is 34.2 Å². The molecule has 136 valence electrons. The van der Waals surface area contributed by atoms with E-state index >= 15 is 0 Å². The van der Waals surface area contributed by atoms with Crippen molar-refractivity contribution in [3.8, 4) is 5.75 Å². The molecule has 0 unspecified atom stereocenters. The summed E-state index contributed by atoms with van der Waals surface area (Å²) in [5.41, 5.74) is 1.92. The van der Waals surface area contributed by atoms with Gasteiger partial charge in [-0.2, -0.15) is 0 Å². The zero-order valence-electron chi connectivity index (χ0n) is 14.5. The summed E-state index contributed by atoms with van der Waals surface area (Å²) in [6.45, 7) is 4.41. The molecule has 0 bridgehead atoms. The molecule has 0 fully saturated rings. The first-order valence-electron chi connectivity index (χ1n) is 8.31. The quantitative estimate of drug-likeness (QED) is 0.609. The summed E-state index contributed by atoms with van der Waals surface area (Å²) in [4.78, 5) is 0. The molecule has 0 spiro atoms. The van der Waals surface area contributed by atoms with Crippen LogP contribution in [0, 0.1) is 0 Å². The molecular weight excluding hydrogens is 402 g/mol. The van der Waals surface area contributed by atoms with Gasteiger partial charge >= 0.3 is 0 Å². The molecule has 0 aromatic heterocycles. The van der Waals surface area contributed by atoms with E-state index < -0.39 is 10.0 Å². The van der Waals surface area contributed by atoms with Gasteiger partial charge in [-0.05, 0) is 62.1 Å². The van der Waals surface area contributed by atoms with Crippen LogP contribution in [0.25, 0.3) is 0 Å². The van der Waals surface area contributed by atoms with Gasteiger partial charge in [0.2, 0.25) is 10.0 Å². The maximum Gasteiger partial charge on any atom is 0.215 e. The number of aryl methyl sites for hydroxylation is 1. The largest absolute Gasteiger partial charge is 0.491 e. The van der Waals surface area contributed by atoms with Crippen LogP contribution in [0.1, 0.15) is 31.4 Å². The van der Waals surface area contributed by atoms with Crippen LogP contribution in [0.3, 0.4) is 0 Å². The predicted molar refractivity (Wildman–Crippen MR) is 105 cm³/mol. The van der Waals surface area contributed by atoms with Crippen molar-refractivity contribution in [2.45, 2.75) is 38.5 Å². The van der Waals surface area contributed by atoms with Gasteiger partial charge in [0, 0.05) is 11.0 Å². The Morgan fingerprint density at radius 2 is 1.80 bits per heavy atom. The van der Waals surface area contributed by atoms with Crippen molar-refractivity contribution in [3.05, 3.63) is 64.1 Å². The SMILES string of the molecule is CC(C)Oc1cccc(CCCNS(=O)(=O)Cc2ccc(Br)cc2)c1. The van der Waals surface area contributed by atoms with Crippen molar-refractivity contribution in [1.82, 2.24) is 4.72 Å². The van der Waals surface area contributed by atoms with Gasteiger partial charge < -0.3 is 4.74 Å². The number of nitrogens with one attached hydrogen (secondary N) is 1. The number of hydrogen-bond acceptors (Lipinski definition) is 3. The van der Waals surface area contributed by atoms with Gasteiger partial charge in [-0.25, -0.2) is 13.1 Å². The summed E-state index contributed by atoms with van der Waals surface area (Å²) in [6.07, 6.45) is 1.68. The number of ether oxygens (including phenoxy) is 1. The van der Waals surface area contributed by atoms with Crippen molar-refractivity contribution in [3.63, 3.8) is 0 Å². The summed E-state index contributed by atoms with van der Waals surface area (Å²) in [7, 11) is -3.32. The number of hydrogen-bond donors (Lipinski definition) is 1.